The Kier molecular flexibility index (Phi) is 3.81. The normalized spacial score (nSPS) is 11.9. The van der Waals surface area contributed by atoms with Crippen molar-refractivity contribution in [1.82, 2.24) is 14.9 Å². The maximum absolute atomic E-state index is 12.0. The molecule has 0 aromatic carbocycles. The summed E-state index contributed by atoms with van der Waals surface area (Å²) < 4.78 is 26.5. The fourth-order valence-electron chi connectivity index (χ4n) is 1.46. The first-order valence-electron chi connectivity index (χ1n) is 5.20. The molecular weight excluding hydrogens is 274 g/mol. The van der Waals surface area contributed by atoms with Crippen LogP contribution in [0.2, 0.25) is 0 Å². The summed E-state index contributed by atoms with van der Waals surface area (Å²) in [6.45, 7) is 1.79. The molecule has 0 fully saturated rings. The van der Waals surface area contributed by atoms with E-state index in [0.717, 1.165) is 10.4 Å². The molecule has 0 bridgehead atoms. The van der Waals surface area contributed by atoms with Crippen LogP contribution in [0.4, 0.5) is 0 Å². The lowest BCUT2D eigenvalue weighted by Crippen LogP contribution is -2.24. The standard InChI is InChI=1S/C10H13N3O3S2/c1-7-2-3-17-9(7)5-12-18(15,16)10-8(6-14)4-11-13-10/h2-4,12,14H,5-6H2,1H3,(H,11,13). The number of aromatic nitrogens is 2. The van der Waals surface area contributed by atoms with Crippen LogP contribution in [0.5, 0.6) is 0 Å². The highest BCUT2D eigenvalue weighted by Gasteiger charge is 2.20. The molecule has 0 aliphatic rings. The van der Waals surface area contributed by atoms with Gasteiger partial charge in [-0.3, -0.25) is 5.10 Å². The first kappa shape index (κ1) is 13.2. The Morgan fingerprint density at radius 3 is 2.94 bits per heavy atom. The van der Waals surface area contributed by atoms with Gasteiger partial charge < -0.3 is 5.11 Å². The van der Waals surface area contributed by atoms with Gasteiger partial charge in [-0.2, -0.15) is 5.10 Å². The average Bonchev–Trinajstić information content (AvgIpc) is 2.95. The van der Waals surface area contributed by atoms with Crippen molar-refractivity contribution in [1.29, 1.82) is 0 Å². The largest absolute Gasteiger partial charge is 0.392 e. The quantitative estimate of drug-likeness (QED) is 0.756. The first-order valence-corrected chi connectivity index (χ1v) is 7.56. The molecule has 2 aromatic rings. The van der Waals surface area contributed by atoms with E-state index in [1.54, 1.807) is 0 Å². The summed E-state index contributed by atoms with van der Waals surface area (Å²) >= 11 is 1.50. The van der Waals surface area contributed by atoms with E-state index in [-0.39, 0.29) is 23.7 Å². The molecule has 0 spiro atoms. The van der Waals surface area contributed by atoms with Crippen molar-refractivity contribution >= 4 is 21.4 Å². The molecule has 0 aliphatic heterocycles. The Bertz CT molecular complexity index is 630. The molecule has 2 aromatic heterocycles. The molecule has 98 valence electrons. The predicted molar refractivity (Wildman–Crippen MR) is 67.6 cm³/mol. The Labute approximate surface area is 109 Å². The summed E-state index contributed by atoms with van der Waals surface area (Å²) in [5.41, 5.74) is 1.31. The number of sulfonamides is 1. The smallest absolute Gasteiger partial charge is 0.258 e. The summed E-state index contributed by atoms with van der Waals surface area (Å²) in [5, 5.41) is 16.8. The molecule has 0 amide bonds. The lowest BCUT2D eigenvalue weighted by atomic mass is 10.3. The number of rotatable bonds is 5. The molecule has 8 heteroatoms. The summed E-state index contributed by atoms with van der Waals surface area (Å²) in [5.74, 6) is 0. The maximum atomic E-state index is 12.0. The second kappa shape index (κ2) is 5.19. The number of nitrogens with one attached hydrogen (secondary N) is 2. The van der Waals surface area contributed by atoms with Crippen LogP contribution in [-0.2, 0) is 23.2 Å². The summed E-state index contributed by atoms with van der Waals surface area (Å²) in [4.78, 5) is 0.962. The lowest BCUT2D eigenvalue weighted by Gasteiger charge is -2.05. The predicted octanol–water partition coefficient (Wildman–Crippen LogP) is 0.750. The van der Waals surface area contributed by atoms with E-state index in [2.05, 4.69) is 14.9 Å². The molecule has 0 radical (unpaired) electrons. The number of H-pyrrole nitrogens is 1. The molecule has 0 saturated heterocycles. The van der Waals surface area contributed by atoms with Crippen molar-refractivity contribution in [2.24, 2.45) is 0 Å². The topological polar surface area (TPSA) is 95.1 Å². The van der Waals surface area contributed by atoms with Gasteiger partial charge in [0.25, 0.3) is 10.0 Å². The van der Waals surface area contributed by atoms with Gasteiger partial charge in [-0.15, -0.1) is 11.3 Å². The number of thiophene rings is 1. The van der Waals surface area contributed by atoms with Gasteiger partial charge in [0.05, 0.1) is 12.8 Å². The minimum absolute atomic E-state index is 0.0841. The monoisotopic (exact) mass is 287 g/mol. The highest BCUT2D eigenvalue weighted by Crippen LogP contribution is 2.17. The number of nitrogens with zero attached hydrogens (tertiary/aromatic N) is 1. The minimum atomic E-state index is -3.67. The zero-order valence-electron chi connectivity index (χ0n) is 9.67. The third-order valence-corrected chi connectivity index (χ3v) is 4.95. The van der Waals surface area contributed by atoms with Gasteiger partial charge in [0.2, 0.25) is 0 Å². The van der Waals surface area contributed by atoms with Crippen LogP contribution in [0.25, 0.3) is 0 Å². The van der Waals surface area contributed by atoms with E-state index in [9.17, 15) is 8.42 Å². The van der Waals surface area contributed by atoms with E-state index < -0.39 is 10.0 Å². The molecule has 2 rings (SSSR count). The Morgan fingerprint density at radius 1 is 1.56 bits per heavy atom. The molecule has 0 aliphatic carbocycles. The van der Waals surface area contributed by atoms with E-state index in [4.69, 9.17) is 5.11 Å². The molecule has 0 unspecified atom stereocenters. The second-order valence-corrected chi connectivity index (χ2v) is 6.44. The molecule has 18 heavy (non-hydrogen) atoms. The van der Waals surface area contributed by atoms with Crippen LogP contribution in [0.1, 0.15) is 16.0 Å². The zero-order valence-corrected chi connectivity index (χ0v) is 11.3. The van der Waals surface area contributed by atoms with Gasteiger partial charge >= 0.3 is 0 Å². The molecule has 6 nitrogen and oxygen atoms in total. The highest BCUT2D eigenvalue weighted by atomic mass is 32.2. The van der Waals surface area contributed by atoms with Crippen LogP contribution in [0.3, 0.4) is 0 Å². The number of hydrogen-bond donors (Lipinski definition) is 3. The van der Waals surface area contributed by atoms with Crippen LogP contribution >= 0.6 is 11.3 Å². The number of aromatic amines is 1. The van der Waals surface area contributed by atoms with Gasteiger partial charge in [0, 0.05) is 17.0 Å². The Hall–Kier alpha value is -1.22. The van der Waals surface area contributed by atoms with E-state index in [1.807, 2.05) is 18.4 Å². The molecule has 3 N–H and O–H groups in total. The number of aryl methyl sites for hydroxylation is 1. The molecule has 0 atom stereocenters. The van der Waals surface area contributed by atoms with E-state index in [0.29, 0.717) is 0 Å². The minimum Gasteiger partial charge on any atom is -0.392 e. The third-order valence-electron chi connectivity index (χ3n) is 2.51. The van der Waals surface area contributed by atoms with Crippen molar-refractivity contribution in [3.05, 3.63) is 33.6 Å². The van der Waals surface area contributed by atoms with Crippen molar-refractivity contribution < 1.29 is 13.5 Å². The van der Waals surface area contributed by atoms with Crippen molar-refractivity contribution in [3.63, 3.8) is 0 Å². The van der Waals surface area contributed by atoms with E-state index in [1.165, 1.54) is 17.5 Å². The van der Waals surface area contributed by atoms with Crippen molar-refractivity contribution in [3.8, 4) is 0 Å². The number of hydrogen-bond acceptors (Lipinski definition) is 5. The van der Waals surface area contributed by atoms with Crippen molar-refractivity contribution in [2.45, 2.75) is 25.1 Å². The summed E-state index contributed by atoms with van der Waals surface area (Å²) in [6, 6.07) is 1.93. The van der Waals surface area contributed by atoms with Crippen LogP contribution < -0.4 is 4.72 Å². The lowest BCUT2D eigenvalue weighted by molar-refractivity contribution is 0.278. The fraction of sp³-hybridized carbons (Fsp3) is 0.300. The first-order chi connectivity index (χ1) is 8.54. The molecular formula is C10H13N3O3S2. The zero-order chi connectivity index (χ0) is 13.2. The van der Waals surface area contributed by atoms with Gasteiger partial charge in [0.1, 0.15) is 0 Å². The number of aliphatic hydroxyl groups is 1. The highest BCUT2D eigenvalue weighted by molar-refractivity contribution is 7.89. The fourth-order valence-corrected chi connectivity index (χ4v) is 3.51. The molecule has 2 heterocycles. The van der Waals surface area contributed by atoms with E-state index >= 15 is 0 Å². The van der Waals surface area contributed by atoms with Crippen LogP contribution in [-0.4, -0.2) is 23.7 Å². The maximum Gasteiger partial charge on any atom is 0.258 e. The SMILES string of the molecule is Cc1ccsc1CNS(=O)(=O)c1[nH]ncc1CO. The Morgan fingerprint density at radius 2 is 2.33 bits per heavy atom. The van der Waals surface area contributed by atoms with Gasteiger partial charge in [-0.25, -0.2) is 13.1 Å². The van der Waals surface area contributed by atoms with Gasteiger partial charge in [0.15, 0.2) is 5.03 Å². The summed E-state index contributed by atoms with van der Waals surface area (Å²) in [7, 11) is -3.67. The van der Waals surface area contributed by atoms with Gasteiger partial charge in [-0.05, 0) is 23.9 Å². The van der Waals surface area contributed by atoms with Gasteiger partial charge in [-0.1, -0.05) is 0 Å². The summed E-state index contributed by atoms with van der Waals surface area (Å²) in [6.07, 6.45) is 1.30. The third kappa shape index (κ3) is 2.61. The Balaban J connectivity index is 2.16. The molecule has 0 saturated carbocycles. The van der Waals surface area contributed by atoms with Crippen molar-refractivity contribution in [2.75, 3.05) is 0 Å². The number of aliphatic hydroxyl groups excluding tert-OH is 1. The average molecular weight is 287 g/mol. The second-order valence-electron chi connectivity index (χ2n) is 3.73. The van der Waals surface area contributed by atoms with Crippen LogP contribution in [0.15, 0.2) is 22.7 Å². The van der Waals surface area contributed by atoms with Crippen LogP contribution in [0, 0.1) is 6.92 Å².